The van der Waals surface area contributed by atoms with Crippen LogP contribution < -0.4 is 4.74 Å². The van der Waals surface area contributed by atoms with E-state index < -0.39 is 5.97 Å². The number of carbonyl (C=O) groups excluding carboxylic acids is 1. The first-order valence-electron chi connectivity index (χ1n) is 8.17. The normalized spacial score (nSPS) is 15.6. The van der Waals surface area contributed by atoms with E-state index in [1.165, 1.54) is 7.11 Å². The van der Waals surface area contributed by atoms with Gasteiger partial charge in [-0.3, -0.25) is 0 Å². The van der Waals surface area contributed by atoms with Gasteiger partial charge in [0.2, 0.25) is 0 Å². The first-order valence-corrected chi connectivity index (χ1v) is 8.17. The summed E-state index contributed by atoms with van der Waals surface area (Å²) in [6.07, 6.45) is 2.00. The average Bonchev–Trinajstić information content (AvgIpc) is 2.66. The zero-order valence-electron chi connectivity index (χ0n) is 14.0. The summed E-state index contributed by atoms with van der Waals surface area (Å²) in [7, 11) is 1.37. The van der Waals surface area contributed by atoms with Crippen LogP contribution in [0.2, 0.25) is 0 Å². The van der Waals surface area contributed by atoms with Crippen LogP contribution in [-0.4, -0.2) is 19.1 Å². The molecule has 0 saturated heterocycles. The molecule has 2 aromatic rings. The van der Waals surface area contributed by atoms with Gasteiger partial charge in [-0.25, -0.2) is 4.79 Å². The van der Waals surface area contributed by atoms with E-state index in [0.717, 1.165) is 16.7 Å². The topological polar surface area (TPSA) is 84.3 Å². The molecule has 2 aromatic carbocycles. The van der Waals surface area contributed by atoms with Crippen molar-refractivity contribution >= 4 is 5.97 Å². The molecular formula is C19H19N3O3. The van der Waals surface area contributed by atoms with Gasteiger partial charge in [0.1, 0.15) is 17.9 Å². The Bertz CT molecular complexity index is 814. The van der Waals surface area contributed by atoms with Crippen LogP contribution in [0.5, 0.6) is 5.75 Å². The molecule has 0 N–H and O–H groups in total. The van der Waals surface area contributed by atoms with Crippen LogP contribution in [0.25, 0.3) is 10.4 Å². The molecule has 25 heavy (non-hydrogen) atoms. The van der Waals surface area contributed by atoms with Gasteiger partial charge in [-0.2, -0.15) is 0 Å². The number of azide groups is 1. The van der Waals surface area contributed by atoms with Gasteiger partial charge in [0.25, 0.3) is 0 Å². The highest BCUT2D eigenvalue weighted by molar-refractivity contribution is 5.94. The molecule has 0 aliphatic heterocycles. The molecule has 0 spiro atoms. The van der Waals surface area contributed by atoms with E-state index in [2.05, 4.69) is 10.0 Å². The van der Waals surface area contributed by atoms with Gasteiger partial charge in [0, 0.05) is 11.0 Å². The van der Waals surface area contributed by atoms with Crippen LogP contribution in [-0.2, 0) is 24.2 Å². The van der Waals surface area contributed by atoms with E-state index in [9.17, 15) is 4.79 Å². The lowest BCUT2D eigenvalue weighted by Gasteiger charge is -2.24. The van der Waals surface area contributed by atoms with Gasteiger partial charge < -0.3 is 9.47 Å². The molecule has 0 heterocycles. The molecule has 1 aliphatic carbocycles. The number of benzene rings is 2. The molecule has 1 aliphatic rings. The molecule has 1 unspecified atom stereocenters. The third kappa shape index (κ3) is 3.75. The van der Waals surface area contributed by atoms with Gasteiger partial charge in [-0.05, 0) is 47.6 Å². The Balaban J connectivity index is 1.91. The highest BCUT2D eigenvalue weighted by Gasteiger charge is 2.26. The second-order valence-corrected chi connectivity index (χ2v) is 5.94. The van der Waals surface area contributed by atoms with Crippen molar-refractivity contribution in [2.45, 2.75) is 31.9 Å². The number of ether oxygens (including phenoxy) is 2. The summed E-state index contributed by atoms with van der Waals surface area (Å²) in [4.78, 5) is 15.2. The highest BCUT2D eigenvalue weighted by Crippen LogP contribution is 2.33. The van der Waals surface area contributed by atoms with Crippen molar-refractivity contribution in [2.75, 3.05) is 7.11 Å². The van der Waals surface area contributed by atoms with Crippen molar-refractivity contribution in [3.8, 4) is 5.75 Å². The Labute approximate surface area is 146 Å². The van der Waals surface area contributed by atoms with Crippen molar-refractivity contribution in [2.24, 2.45) is 5.11 Å². The van der Waals surface area contributed by atoms with Crippen LogP contribution in [0.3, 0.4) is 0 Å². The van der Waals surface area contributed by atoms with E-state index in [0.29, 0.717) is 37.2 Å². The molecule has 0 saturated carbocycles. The molecule has 128 valence electrons. The molecule has 1 atom stereocenters. The average molecular weight is 337 g/mol. The molecule has 6 nitrogen and oxygen atoms in total. The van der Waals surface area contributed by atoms with Gasteiger partial charge in [0.15, 0.2) is 0 Å². The van der Waals surface area contributed by atoms with Crippen LogP contribution in [0.4, 0.5) is 0 Å². The third-order valence-corrected chi connectivity index (χ3v) is 4.40. The number of esters is 1. The SMILES string of the molecule is COC(=O)c1c(OCc2ccccc2)ccc2c1CCC(N=[N+]=[N-])C2. The molecule has 6 heteroatoms. The summed E-state index contributed by atoms with van der Waals surface area (Å²) in [5, 5.41) is 3.81. The fourth-order valence-corrected chi connectivity index (χ4v) is 3.17. The van der Waals surface area contributed by atoms with Crippen molar-refractivity contribution in [1.82, 2.24) is 0 Å². The van der Waals surface area contributed by atoms with E-state index >= 15 is 0 Å². The predicted molar refractivity (Wildman–Crippen MR) is 93.5 cm³/mol. The Kier molecular flexibility index (Phi) is 5.21. The molecule has 0 amide bonds. The maximum Gasteiger partial charge on any atom is 0.341 e. The number of rotatable bonds is 5. The summed E-state index contributed by atoms with van der Waals surface area (Å²) < 4.78 is 10.9. The second-order valence-electron chi connectivity index (χ2n) is 5.94. The molecule has 3 rings (SSSR count). The first-order chi connectivity index (χ1) is 12.2. The Hall–Kier alpha value is -2.98. The number of hydrogen-bond donors (Lipinski definition) is 0. The lowest BCUT2D eigenvalue weighted by atomic mass is 9.85. The fraction of sp³-hybridized carbons (Fsp3) is 0.316. The van der Waals surface area contributed by atoms with E-state index in [1.807, 2.05) is 36.4 Å². The maximum absolute atomic E-state index is 12.3. The van der Waals surface area contributed by atoms with Crippen molar-refractivity contribution in [3.05, 3.63) is 75.2 Å². The standard InChI is InChI=1S/C19H19N3O3/c1-24-19(23)18-16-9-8-15(21-22-20)11-14(16)7-10-17(18)25-12-13-5-3-2-4-6-13/h2-7,10,15H,8-9,11-12H2,1H3. The largest absolute Gasteiger partial charge is 0.488 e. The predicted octanol–water partition coefficient (Wildman–Crippen LogP) is 4.22. The third-order valence-electron chi connectivity index (χ3n) is 4.40. The lowest BCUT2D eigenvalue weighted by molar-refractivity contribution is 0.0593. The van der Waals surface area contributed by atoms with Gasteiger partial charge in [-0.15, -0.1) is 0 Å². The molecule has 0 fully saturated rings. The summed E-state index contributed by atoms with van der Waals surface area (Å²) >= 11 is 0. The Morgan fingerprint density at radius 3 is 2.80 bits per heavy atom. The van der Waals surface area contributed by atoms with Crippen LogP contribution in [0.1, 0.15) is 33.5 Å². The minimum atomic E-state index is -0.401. The van der Waals surface area contributed by atoms with E-state index in [4.69, 9.17) is 15.0 Å². The monoisotopic (exact) mass is 337 g/mol. The lowest BCUT2D eigenvalue weighted by Crippen LogP contribution is -2.21. The number of fused-ring (bicyclic) bond motifs is 1. The smallest absolute Gasteiger partial charge is 0.341 e. The van der Waals surface area contributed by atoms with Crippen LogP contribution in [0, 0.1) is 0 Å². The van der Waals surface area contributed by atoms with Gasteiger partial charge >= 0.3 is 5.97 Å². The minimum Gasteiger partial charge on any atom is -0.488 e. The van der Waals surface area contributed by atoms with E-state index in [1.54, 1.807) is 6.07 Å². The van der Waals surface area contributed by atoms with Crippen LogP contribution in [0.15, 0.2) is 47.6 Å². The summed E-state index contributed by atoms with van der Waals surface area (Å²) in [6, 6.07) is 13.5. The molecule has 0 radical (unpaired) electrons. The van der Waals surface area contributed by atoms with Crippen molar-refractivity contribution < 1.29 is 14.3 Å². The number of carbonyl (C=O) groups is 1. The Morgan fingerprint density at radius 1 is 1.28 bits per heavy atom. The quantitative estimate of drug-likeness (QED) is 0.354. The first kappa shape index (κ1) is 16.9. The van der Waals surface area contributed by atoms with Crippen LogP contribution >= 0.6 is 0 Å². The highest BCUT2D eigenvalue weighted by atomic mass is 16.5. The van der Waals surface area contributed by atoms with E-state index in [-0.39, 0.29) is 6.04 Å². The second kappa shape index (κ2) is 7.73. The fourth-order valence-electron chi connectivity index (χ4n) is 3.17. The van der Waals surface area contributed by atoms with Crippen molar-refractivity contribution in [3.63, 3.8) is 0 Å². The number of nitrogens with zero attached hydrogens (tertiary/aromatic N) is 3. The zero-order valence-corrected chi connectivity index (χ0v) is 14.0. The summed E-state index contributed by atoms with van der Waals surface area (Å²) in [5.41, 5.74) is 12.1. The van der Waals surface area contributed by atoms with Gasteiger partial charge in [-0.1, -0.05) is 41.5 Å². The Morgan fingerprint density at radius 2 is 2.08 bits per heavy atom. The maximum atomic E-state index is 12.3. The zero-order chi connectivity index (χ0) is 17.6. The number of hydrogen-bond acceptors (Lipinski definition) is 4. The molecule has 0 aromatic heterocycles. The van der Waals surface area contributed by atoms with Crippen molar-refractivity contribution in [1.29, 1.82) is 0 Å². The summed E-state index contributed by atoms with van der Waals surface area (Å²) in [6.45, 7) is 0.380. The molecular weight excluding hydrogens is 318 g/mol. The summed E-state index contributed by atoms with van der Waals surface area (Å²) in [5.74, 6) is 0.124. The minimum absolute atomic E-state index is 0.0703. The number of methoxy groups -OCH3 is 1. The van der Waals surface area contributed by atoms with Gasteiger partial charge in [0.05, 0.1) is 7.11 Å². The molecule has 0 bridgehead atoms.